The quantitative estimate of drug-likeness (QED) is 0.430. The molecule has 7 atom stereocenters. The molecular formula is C26H38O6. The Bertz CT molecular complexity index is 802. The average Bonchev–Trinajstić information content (AvgIpc) is 3.13. The molecule has 3 saturated carbocycles. The summed E-state index contributed by atoms with van der Waals surface area (Å²) in [4.78, 5) is 37.1. The Labute approximate surface area is 191 Å². The lowest BCUT2D eigenvalue weighted by molar-refractivity contribution is -0.166. The molecule has 0 amide bonds. The molecule has 4 aliphatic rings. The van der Waals surface area contributed by atoms with E-state index in [0.29, 0.717) is 30.0 Å². The number of esters is 1. The first-order valence-electron chi connectivity index (χ1n) is 12.3. The highest BCUT2D eigenvalue weighted by Gasteiger charge is 2.60. The Morgan fingerprint density at radius 3 is 2.59 bits per heavy atom. The molecule has 0 spiro atoms. The Kier molecular flexibility index (Phi) is 6.66. The molecule has 6 heteroatoms. The summed E-state index contributed by atoms with van der Waals surface area (Å²) in [5.41, 5.74) is 1.50. The van der Waals surface area contributed by atoms with Gasteiger partial charge in [-0.1, -0.05) is 19.4 Å². The van der Waals surface area contributed by atoms with Gasteiger partial charge in [-0.3, -0.25) is 9.59 Å². The Morgan fingerprint density at radius 1 is 1.06 bits per heavy atom. The van der Waals surface area contributed by atoms with E-state index in [0.717, 1.165) is 44.9 Å². The van der Waals surface area contributed by atoms with Crippen molar-refractivity contribution in [2.24, 2.45) is 34.5 Å². The summed E-state index contributed by atoms with van der Waals surface area (Å²) in [7, 11) is 1.50. The van der Waals surface area contributed by atoms with Crippen LogP contribution in [0.3, 0.4) is 0 Å². The van der Waals surface area contributed by atoms with Crippen molar-refractivity contribution in [2.75, 3.05) is 20.3 Å². The Balaban J connectivity index is 1.40. The average molecular weight is 447 g/mol. The highest BCUT2D eigenvalue weighted by Crippen LogP contribution is 2.66. The minimum atomic E-state index is -0.531. The zero-order chi connectivity index (χ0) is 23.1. The second-order valence-electron chi connectivity index (χ2n) is 10.9. The standard InChI is InChI=1S/C26H38O6/c1-16(30-4)31-15-24(29)32-14-23(28)22-8-7-20-19-6-5-17-13-18(27)9-11-25(17,2)21(19)10-12-26(20,22)3/h13,16,19-22H,5-12,14-15H2,1-4H3/t16?,19-,20-,21-,22+,25-,26-/m0/s1. The molecule has 32 heavy (non-hydrogen) atoms. The number of allylic oxidation sites excluding steroid dienone is 1. The molecule has 4 rings (SSSR count). The summed E-state index contributed by atoms with van der Waals surface area (Å²) in [6.07, 6.45) is 9.37. The third-order valence-corrected chi connectivity index (χ3v) is 9.49. The van der Waals surface area contributed by atoms with Gasteiger partial charge in [-0.15, -0.1) is 0 Å². The van der Waals surface area contributed by atoms with Crippen molar-refractivity contribution >= 4 is 17.5 Å². The Hall–Kier alpha value is -1.53. The highest BCUT2D eigenvalue weighted by atomic mass is 16.7. The number of hydrogen-bond donors (Lipinski definition) is 0. The lowest BCUT2D eigenvalue weighted by Crippen LogP contribution is -2.51. The van der Waals surface area contributed by atoms with Crippen LogP contribution in [0.2, 0.25) is 0 Å². The normalized spacial score (nSPS) is 39.4. The van der Waals surface area contributed by atoms with Crippen molar-refractivity contribution in [3.05, 3.63) is 11.6 Å². The number of carbonyl (C=O) groups excluding carboxylic acids is 3. The molecule has 0 bridgehead atoms. The Morgan fingerprint density at radius 2 is 1.84 bits per heavy atom. The molecule has 0 aromatic heterocycles. The number of ketones is 2. The summed E-state index contributed by atoms with van der Waals surface area (Å²) < 4.78 is 15.4. The van der Waals surface area contributed by atoms with Crippen LogP contribution in [0.4, 0.5) is 0 Å². The second kappa shape index (κ2) is 9.02. The zero-order valence-corrected chi connectivity index (χ0v) is 20.0. The van der Waals surface area contributed by atoms with Crippen molar-refractivity contribution in [3.63, 3.8) is 0 Å². The van der Waals surface area contributed by atoms with Crippen LogP contribution in [0.1, 0.15) is 72.1 Å². The van der Waals surface area contributed by atoms with Gasteiger partial charge in [0, 0.05) is 19.4 Å². The number of methoxy groups -OCH3 is 1. The predicted octanol–water partition coefficient (Wildman–Crippen LogP) is 4.26. The highest BCUT2D eigenvalue weighted by molar-refractivity contribution is 5.91. The summed E-state index contributed by atoms with van der Waals surface area (Å²) in [5, 5.41) is 0. The third-order valence-electron chi connectivity index (χ3n) is 9.49. The summed E-state index contributed by atoms with van der Waals surface area (Å²) in [6, 6.07) is 0. The second-order valence-corrected chi connectivity index (χ2v) is 10.9. The molecule has 0 N–H and O–H groups in total. The smallest absolute Gasteiger partial charge is 0.332 e. The van der Waals surface area contributed by atoms with Gasteiger partial charge in [0.1, 0.15) is 13.2 Å². The van der Waals surface area contributed by atoms with Crippen molar-refractivity contribution in [2.45, 2.75) is 78.4 Å². The fourth-order valence-corrected chi connectivity index (χ4v) is 7.64. The van der Waals surface area contributed by atoms with Gasteiger partial charge < -0.3 is 14.2 Å². The number of carbonyl (C=O) groups is 3. The van der Waals surface area contributed by atoms with Crippen LogP contribution in [0.25, 0.3) is 0 Å². The van der Waals surface area contributed by atoms with Crippen molar-refractivity contribution in [1.82, 2.24) is 0 Å². The molecule has 0 aromatic carbocycles. The van der Waals surface area contributed by atoms with Crippen LogP contribution >= 0.6 is 0 Å². The molecule has 178 valence electrons. The van der Waals surface area contributed by atoms with Gasteiger partial charge in [-0.25, -0.2) is 4.79 Å². The minimum Gasteiger partial charge on any atom is -0.456 e. The van der Waals surface area contributed by atoms with Gasteiger partial charge >= 0.3 is 5.97 Å². The van der Waals surface area contributed by atoms with Crippen LogP contribution in [-0.4, -0.2) is 44.1 Å². The molecule has 3 fully saturated rings. The zero-order valence-electron chi connectivity index (χ0n) is 20.0. The molecule has 4 aliphatic carbocycles. The number of fused-ring (bicyclic) bond motifs is 5. The van der Waals surface area contributed by atoms with Gasteiger partial charge in [0.05, 0.1) is 0 Å². The van der Waals surface area contributed by atoms with Crippen molar-refractivity contribution in [1.29, 1.82) is 0 Å². The minimum absolute atomic E-state index is 0.0201. The van der Waals surface area contributed by atoms with Crippen molar-refractivity contribution in [3.8, 4) is 0 Å². The number of rotatable bonds is 7. The van der Waals surface area contributed by atoms with Crippen LogP contribution < -0.4 is 0 Å². The van der Waals surface area contributed by atoms with Crippen LogP contribution in [0.15, 0.2) is 11.6 Å². The summed E-state index contributed by atoms with van der Waals surface area (Å²) >= 11 is 0. The summed E-state index contributed by atoms with van der Waals surface area (Å²) in [6.45, 7) is 6.00. The molecule has 0 heterocycles. The monoisotopic (exact) mass is 446 g/mol. The molecule has 0 radical (unpaired) electrons. The maximum atomic E-state index is 13.1. The van der Waals surface area contributed by atoms with Gasteiger partial charge in [-0.2, -0.15) is 0 Å². The molecule has 0 aliphatic heterocycles. The van der Waals surface area contributed by atoms with E-state index in [1.165, 1.54) is 12.7 Å². The van der Waals surface area contributed by atoms with Crippen LogP contribution in [0.5, 0.6) is 0 Å². The molecule has 0 aromatic rings. The predicted molar refractivity (Wildman–Crippen MR) is 119 cm³/mol. The lowest BCUT2D eigenvalue weighted by atomic mass is 9.46. The van der Waals surface area contributed by atoms with Gasteiger partial charge in [-0.05, 0) is 86.5 Å². The van der Waals surface area contributed by atoms with Gasteiger partial charge in [0.2, 0.25) is 0 Å². The van der Waals surface area contributed by atoms with E-state index in [-0.39, 0.29) is 35.7 Å². The van der Waals surface area contributed by atoms with Gasteiger partial charge in [0.25, 0.3) is 0 Å². The van der Waals surface area contributed by atoms with E-state index in [4.69, 9.17) is 14.2 Å². The third kappa shape index (κ3) is 4.09. The van der Waals surface area contributed by atoms with E-state index >= 15 is 0 Å². The molecule has 0 saturated heterocycles. The number of hydrogen-bond acceptors (Lipinski definition) is 6. The van der Waals surface area contributed by atoms with Gasteiger partial charge in [0.15, 0.2) is 17.9 Å². The van der Waals surface area contributed by atoms with E-state index in [2.05, 4.69) is 13.8 Å². The molecule has 1 unspecified atom stereocenters. The van der Waals surface area contributed by atoms with E-state index < -0.39 is 12.3 Å². The lowest BCUT2D eigenvalue weighted by Gasteiger charge is -2.58. The molecule has 6 nitrogen and oxygen atoms in total. The maximum absolute atomic E-state index is 13.1. The largest absolute Gasteiger partial charge is 0.456 e. The SMILES string of the molecule is COC(C)OCC(=O)OCC(=O)[C@H]1CC[C@H]2[C@@H]3CCC4=CC(=O)CC[C@]4(C)[C@H]3CC[C@]12C. The van der Waals surface area contributed by atoms with E-state index in [1.54, 1.807) is 6.92 Å². The first kappa shape index (κ1) is 23.6. The fourth-order valence-electron chi connectivity index (χ4n) is 7.64. The van der Waals surface area contributed by atoms with Crippen LogP contribution in [-0.2, 0) is 28.6 Å². The van der Waals surface area contributed by atoms with Crippen molar-refractivity contribution < 1.29 is 28.6 Å². The van der Waals surface area contributed by atoms with Crippen LogP contribution in [0, 0.1) is 34.5 Å². The fraction of sp³-hybridized carbons (Fsp3) is 0.808. The number of Topliss-reactive ketones (excluding diaryl/α,β-unsaturated/α-hetero) is 1. The topological polar surface area (TPSA) is 78.9 Å². The van der Waals surface area contributed by atoms with E-state index in [1.807, 2.05) is 6.08 Å². The summed E-state index contributed by atoms with van der Waals surface area (Å²) in [5.74, 6) is 1.53. The first-order chi connectivity index (χ1) is 15.2. The maximum Gasteiger partial charge on any atom is 0.332 e. The first-order valence-corrected chi connectivity index (χ1v) is 12.3. The molecular weight excluding hydrogens is 408 g/mol. The number of ether oxygens (including phenoxy) is 3. The van der Waals surface area contributed by atoms with E-state index in [9.17, 15) is 14.4 Å².